The van der Waals surface area contributed by atoms with Crippen molar-refractivity contribution in [3.8, 4) is 6.01 Å². The Kier molecular flexibility index (Phi) is 5.14. The van der Waals surface area contributed by atoms with Gasteiger partial charge >= 0.3 is 6.01 Å². The summed E-state index contributed by atoms with van der Waals surface area (Å²) in [6.07, 6.45) is 0. The van der Waals surface area contributed by atoms with Crippen LogP contribution in [0.15, 0.2) is 0 Å². The first kappa shape index (κ1) is 16.5. The molecule has 0 aliphatic carbocycles. The van der Waals surface area contributed by atoms with Gasteiger partial charge in [0.15, 0.2) is 0 Å². The molecule has 20 heavy (non-hydrogen) atoms. The molecule has 0 radical (unpaired) electrons. The van der Waals surface area contributed by atoms with Gasteiger partial charge in [-0.05, 0) is 10.8 Å². The van der Waals surface area contributed by atoms with Crippen LogP contribution in [0.5, 0.6) is 6.01 Å². The maximum absolute atomic E-state index is 5.12. The number of hydrogen-bond donors (Lipinski definition) is 2. The highest BCUT2D eigenvalue weighted by molar-refractivity contribution is 5.36. The van der Waals surface area contributed by atoms with E-state index in [0.29, 0.717) is 17.9 Å². The van der Waals surface area contributed by atoms with Crippen molar-refractivity contribution in [1.29, 1.82) is 0 Å². The minimum absolute atomic E-state index is 0.152. The van der Waals surface area contributed by atoms with E-state index in [1.165, 1.54) is 0 Å². The predicted molar refractivity (Wildman–Crippen MR) is 82.3 cm³/mol. The molecule has 0 aromatic carbocycles. The summed E-state index contributed by atoms with van der Waals surface area (Å²) in [6.45, 7) is 14.5. The summed E-state index contributed by atoms with van der Waals surface area (Å²) < 4.78 is 5.12. The van der Waals surface area contributed by atoms with E-state index in [-0.39, 0.29) is 10.8 Å². The lowest BCUT2D eigenvalue weighted by Gasteiger charge is -2.20. The van der Waals surface area contributed by atoms with Crippen molar-refractivity contribution in [1.82, 2.24) is 15.0 Å². The summed E-state index contributed by atoms with van der Waals surface area (Å²) >= 11 is 0. The van der Waals surface area contributed by atoms with Gasteiger partial charge in [0.2, 0.25) is 11.9 Å². The van der Waals surface area contributed by atoms with Crippen molar-refractivity contribution in [3.05, 3.63) is 0 Å². The Morgan fingerprint density at radius 1 is 0.800 bits per heavy atom. The fourth-order valence-corrected chi connectivity index (χ4v) is 1.29. The lowest BCUT2D eigenvalue weighted by atomic mass is 9.97. The van der Waals surface area contributed by atoms with E-state index in [1.54, 1.807) is 7.11 Å². The lowest BCUT2D eigenvalue weighted by molar-refractivity contribution is 0.378. The zero-order valence-electron chi connectivity index (χ0n) is 13.7. The van der Waals surface area contributed by atoms with E-state index in [2.05, 4.69) is 67.1 Å². The summed E-state index contributed by atoms with van der Waals surface area (Å²) in [6, 6.07) is 0.313. The quantitative estimate of drug-likeness (QED) is 0.864. The first-order chi connectivity index (χ1) is 9.09. The van der Waals surface area contributed by atoms with Gasteiger partial charge in [-0.3, -0.25) is 0 Å². The predicted octanol–water partition coefficient (Wildman–Crippen LogP) is 2.80. The van der Waals surface area contributed by atoms with Gasteiger partial charge in [0, 0.05) is 13.1 Å². The standard InChI is InChI=1S/C14H27N5O/c1-13(2,3)8-15-10-17-11(16-9-14(4,5)6)19-12(18-10)20-7/h8-9H2,1-7H3,(H2,15,16,17,18,19). The molecule has 0 bridgehead atoms. The van der Waals surface area contributed by atoms with Crippen LogP contribution in [0.1, 0.15) is 41.5 Å². The molecule has 6 heteroatoms. The summed E-state index contributed by atoms with van der Waals surface area (Å²) in [5, 5.41) is 6.43. The van der Waals surface area contributed by atoms with E-state index < -0.39 is 0 Å². The second-order valence-electron chi connectivity index (χ2n) is 7.30. The van der Waals surface area contributed by atoms with Gasteiger partial charge < -0.3 is 15.4 Å². The molecular formula is C14H27N5O. The summed E-state index contributed by atoms with van der Waals surface area (Å²) in [5.41, 5.74) is 0.303. The molecule has 1 aromatic heterocycles. The van der Waals surface area contributed by atoms with Crippen molar-refractivity contribution >= 4 is 11.9 Å². The molecule has 1 aromatic rings. The average Bonchev–Trinajstić information content (AvgIpc) is 2.32. The Balaban J connectivity index is 2.80. The molecule has 2 N–H and O–H groups in total. The Bertz CT molecular complexity index is 398. The van der Waals surface area contributed by atoms with Gasteiger partial charge in [0.25, 0.3) is 0 Å². The summed E-state index contributed by atoms with van der Waals surface area (Å²) in [4.78, 5) is 12.8. The number of aromatic nitrogens is 3. The third-order valence-corrected chi connectivity index (χ3v) is 2.35. The third kappa shape index (κ3) is 6.54. The van der Waals surface area contributed by atoms with Crippen LogP contribution in [-0.2, 0) is 0 Å². The molecule has 0 aliphatic heterocycles. The van der Waals surface area contributed by atoms with Crippen molar-refractivity contribution < 1.29 is 4.74 Å². The molecule has 0 fully saturated rings. The third-order valence-electron chi connectivity index (χ3n) is 2.35. The van der Waals surface area contributed by atoms with Crippen LogP contribution >= 0.6 is 0 Å². The molecule has 0 aliphatic rings. The van der Waals surface area contributed by atoms with Gasteiger partial charge in [-0.1, -0.05) is 41.5 Å². The second-order valence-corrected chi connectivity index (χ2v) is 7.30. The van der Waals surface area contributed by atoms with E-state index >= 15 is 0 Å². The number of hydrogen-bond acceptors (Lipinski definition) is 6. The zero-order valence-corrected chi connectivity index (χ0v) is 13.7. The highest BCUT2D eigenvalue weighted by Crippen LogP contribution is 2.17. The van der Waals surface area contributed by atoms with Gasteiger partial charge in [-0.2, -0.15) is 15.0 Å². The number of anilines is 2. The molecule has 0 saturated carbocycles. The second kappa shape index (κ2) is 6.24. The molecule has 114 valence electrons. The van der Waals surface area contributed by atoms with E-state index in [4.69, 9.17) is 4.74 Å². The van der Waals surface area contributed by atoms with Crippen LogP contribution in [0, 0.1) is 10.8 Å². The van der Waals surface area contributed by atoms with Crippen molar-refractivity contribution in [2.45, 2.75) is 41.5 Å². The van der Waals surface area contributed by atoms with E-state index in [0.717, 1.165) is 13.1 Å². The number of nitrogens with one attached hydrogen (secondary N) is 2. The summed E-state index contributed by atoms with van der Waals surface area (Å²) in [5.74, 6) is 1.06. The number of nitrogens with zero attached hydrogens (tertiary/aromatic N) is 3. The molecule has 0 atom stereocenters. The topological polar surface area (TPSA) is 72.0 Å². The normalized spacial score (nSPS) is 12.2. The number of methoxy groups -OCH3 is 1. The van der Waals surface area contributed by atoms with E-state index in [9.17, 15) is 0 Å². The van der Waals surface area contributed by atoms with Crippen LogP contribution in [0.25, 0.3) is 0 Å². The molecule has 0 unspecified atom stereocenters. The largest absolute Gasteiger partial charge is 0.467 e. The average molecular weight is 281 g/mol. The Morgan fingerprint density at radius 3 is 1.50 bits per heavy atom. The first-order valence-corrected chi connectivity index (χ1v) is 6.87. The van der Waals surface area contributed by atoms with Crippen molar-refractivity contribution in [2.24, 2.45) is 10.8 Å². The SMILES string of the molecule is COc1nc(NCC(C)(C)C)nc(NCC(C)(C)C)n1. The molecular weight excluding hydrogens is 254 g/mol. The Hall–Kier alpha value is -1.59. The fraction of sp³-hybridized carbons (Fsp3) is 0.786. The molecule has 0 spiro atoms. The number of rotatable bonds is 5. The van der Waals surface area contributed by atoms with Crippen molar-refractivity contribution in [3.63, 3.8) is 0 Å². The Labute approximate surface area is 121 Å². The maximum Gasteiger partial charge on any atom is 0.322 e. The fourth-order valence-electron chi connectivity index (χ4n) is 1.29. The molecule has 1 rings (SSSR count). The maximum atomic E-state index is 5.12. The lowest BCUT2D eigenvalue weighted by Crippen LogP contribution is -2.23. The van der Waals surface area contributed by atoms with Gasteiger partial charge in [0.1, 0.15) is 0 Å². The molecule has 6 nitrogen and oxygen atoms in total. The minimum atomic E-state index is 0.152. The van der Waals surface area contributed by atoms with Gasteiger partial charge in [-0.15, -0.1) is 0 Å². The van der Waals surface area contributed by atoms with Gasteiger partial charge in [0.05, 0.1) is 7.11 Å². The number of ether oxygens (including phenoxy) is 1. The van der Waals surface area contributed by atoms with Gasteiger partial charge in [-0.25, -0.2) is 0 Å². The van der Waals surface area contributed by atoms with Crippen LogP contribution in [0.4, 0.5) is 11.9 Å². The van der Waals surface area contributed by atoms with Crippen LogP contribution in [0.2, 0.25) is 0 Å². The minimum Gasteiger partial charge on any atom is -0.467 e. The zero-order chi connectivity index (χ0) is 15.4. The molecule has 1 heterocycles. The van der Waals surface area contributed by atoms with E-state index in [1.807, 2.05) is 0 Å². The highest BCUT2D eigenvalue weighted by Gasteiger charge is 2.14. The Morgan fingerprint density at radius 2 is 1.20 bits per heavy atom. The van der Waals surface area contributed by atoms with Crippen molar-refractivity contribution in [2.75, 3.05) is 30.8 Å². The van der Waals surface area contributed by atoms with Crippen LogP contribution < -0.4 is 15.4 Å². The summed E-state index contributed by atoms with van der Waals surface area (Å²) in [7, 11) is 1.55. The monoisotopic (exact) mass is 281 g/mol. The molecule has 0 saturated heterocycles. The molecule has 0 amide bonds. The van der Waals surface area contributed by atoms with Crippen LogP contribution in [0.3, 0.4) is 0 Å². The smallest absolute Gasteiger partial charge is 0.322 e. The first-order valence-electron chi connectivity index (χ1n) is 6.87. The van der Waals surface area contributed by atoms with Crippen LogP contribution in [-0.4, -0.2) is 35.2 Å². The highest BCUT2D eigenvalue weighted by atomic mass is 16.5.